The van der Waals surface area contributed by atoms with Crippen molar-refractivity contribution in [3.8, 4) is 0 Å². The first kappa shape index (κ1) is 19.6. The van der Waals surface area contributed by atoms with Crippen LogP contribution in [0.15, 0.2) is 47.1 Å². The van der Waals surface area contributed by atoms with Crippen LogP contribution < -0.4 is 14.9 Å². The number of rotatable bonds is 8. The minimum Gasteiger partial charge on any atom is -0.468 e. The van der Waals surface area contributed by atoms with Gasteiger partial charge in [0, 0.05) is 25.0 Å². The highest BCUT2D eigenvalue weighted by atomic mass is 32.2. The van der Waals surface area contributed by atoms with Gasteiger partial charge in [0.25, 0.3) is 0 Å². The van der Waals surface area contributed by atoms with E-state index in [9.17, 15) is 8.42 Å². The first-order chi connectivity index (χ1) is 11.9. The van der Waals surface area contributed by atoms with Crippen LogP contribution in [0.4, 0.5) is 11.4 Å². The molecule has 0 bridgehead atoms. The third kappa shape index (κ3) is 6.60. The summed E-state index contributed by atoms with van der Waals surface area (Å²) in [6.45, 7) is 0.722. The highest BCUT2D eigenvalue weighted by molar-refractivity contribution is 7.98. The van der Waals surface area contributed by atoms with Crippen molar-refractivity contribution < 1.29 is 12.8 Å². The minimum absolute atomic E-state index is 0.498. The highest BCUT2D eigenvalue weighted by Gasteiger charge is 2.12. The van der Waals surface area contributed by atoms with Crippen molar-refractivity contribution in [3.63, 3.8) is 0 Å². The molecule has 0 unspecified atom stereocenters. The van der Waals surface area contributed by atoms with Crippen LogP contribution in [-0.2, 0) is 15.8 Å². The van der Waals surface area contributed by atoms with E-state index in [0.717, 1.165) is 29.5 Å². The standard InChI is InChI=1S/C16H21N3O3S3/c1-19(25(2,20)21)14-6-3-5-13(11-14)18-16(23)17-8-10-24-12-15-7-4-9-22-15/h3-7,9,11H,8,10,12H2,1-2H3,(H2,17,18,23). The average molecular weight is 400 g/mol. The molecule has 0 spiro atoms. The molecule has 0 aliphatic carbocycles. The van der Waals surface area contributed by atoms with Crippen LogP contribution in [0.5, 0.6) is 0 Å². The van der Waals surface area contributed by atoms with Gasteiger partial charge in [0.2, 0.25) is 10.0 Å². The smallest absolute Gasteiger partial charge is 0.231 e. The third-order valence-electron chi connectivity index (χ3n) is 3.32. The van der Waals surface area contributed by atoms with Gasteiger partial charge in [-0.05, 0) is 42.5 Å². The molecule has 0 aliphatic heterocycles. The molecule has 9 heteroatoms. The second-order valence-electron chi connectivity index (χ2n) is 5.29. The summed E-state index contributed by atoms with van der Waals surface area (Å²) in [4.78, 5) is 0. The van der Waals surface area contributed by atoms with Gasteiger partial charge in [-0.2, -0.15) is 11.8 Å². The number of benzene rings is 1. The Morgan fingerprint density at radius 3 is 2.80 bits per heavy atom. The molecular weight excluding hydrogens is 378 g/mol. The number of thioether (sulfide) groups is 1. The quantitative estimate of drug-likeness (QED) is 0.522. The molecule has 1 aromatic carbocycles. The van der Waals surface area contributed by atoms with E-state index < -0.39 is 10.0 Å². The monoisotopic (exact) mass is 399 g/mol. The SMILES string of the molecule is CN(c1cccc(NC(=S)NCCSCc2ccco2)c1)S(C)(=O)=O. The fraction of sp³-hybridized carbons (Fsp3) is 0.312. The molecule has 6 nitrogen and oxygen atoms in total. The molecule has 0 saturated heterocycles. The van der Waals surface area contributed by atoms with Crippen LogP contribution >= 0.6 is 24.0 Å². The van der Waals surface area contributed by atoms with Gasteiger partial charge in [0.05, 0.1) is 24.0 Å². The van der Waals surface area contributed by atoms with E-state index in [1.807, 2.05) is 18.2 Å². The van der Waals surface area contributed by atoms with E-state index >= 15 is 0 Å². The Kier molecular flexibility index (Phi) is 7.15. The van der Waals surface area contributed by atoms with Crippen LogP contribution in [0, 0.1) is 0 Å². The van der Waals surface area contributed by atoms with Crippen molar-refractivity contribution in [2.75, 3.05) is 35.2 Å². The predicted octanol–water partition coefficient (Wildman–Crippen LogP) is 2.90. The highest BCUT2D eigenvalue weighted by Crippen LogP contribution is 2.20. The zero-order chi connectivity index (χ0) is 18.3. The van der Waals surface area contributed by atoms with Gasteiger partial charge in [-0.25, -0.2) is 8.42 Å². The van der Waals surface area contributed by atoms with Crippen molar-refractivity contribution in [2.45, 2.75) is 5.75 Å². The fourth-order valence-electron chi connectivity index (χ4n) is 1.95. The lowest BCUT2D eigenvalue weighted by Gasteiger charge is -2.18. The van der Waals surface area contributed by atoms with Crippen molar-refractivity contribution in [2.24, 2.45) is 0 Å². The van der Waals surface area contributed by atoms with Crippen LogP contribution in [0.1, 0.15) is 5.76 Å². The molecular formula is C16H21N3O3S3. The third-order valence-corrected chi connectivity index (χ3v) is 5.76. The molecule has 25 heavy (non-hydrogen) atoms. The van der Waals surface area contributed by atoms with Gasteiger partial charge in [0.1, 0.15) is 5.76 Å². The first-order valence-corrected chi connectivity index (χ1v) is 11.0. The summed E-state index contributed by atoms with van der Waals surface area (Å²) in [6, 6.07) is 10.9. The van der Waals surface area contributed by atoms with E-state index in [2.05, 4.69) is 10.6 Å². The lowest BCUT2D eigenvalue weighted by molar-refractivity contribution is 0.530. The number of hydrogen-bond acceptors (Lipinski definition) is 5. The molecule has 0 aliphatic rings. The second kappa shape index (κ2) is 9.12. The van der Waals surface area contributed by atoms with Gasteiger partial charge < -0.3 is 15.1 Å². The summed E-state index contributed by atoms with van der Waals surface area (Å²) in [6.07, 6.45) is 2.84. The summed E-state index contributed by atoms with van der Waals surface area (Å²) < 4.78 is 29.7. The molecule has 0 fully saturated rings. The van der Waals surface area contributed by atoms with Gasteiger partial charge in [-0.15, -0.1) is 0 Å². The molecule has 136 valence electrons. The van der Waals surface area contributed by atoms with Gasteiger partial charge in [-0.1, -0.05) is 6.07 Å². The Labute approximate surface area is 158 Å². The fourth-order valence-corrected chi connectivity index (χ4v) is 3.42. The van der Waals surface area contributed by atoms with Crippen molar-refractivity contribution in [1.29, 1.82) is 0 Å². The largest absolute Gasteiger partial charge is 0.468 e. The Hall–Kier alpha value is -1.71. The van der Waals surface area contributed by atoms with Crippen LogP contribution in [0.3, 0.4) is 0 Å². The minimum atomic E-state index is -3.29. The van der Waals surface area contributed by atoms with Crippen LogP contribution in [0.25, 0.3) is 0 Å². The van der Waals surface area contributed by atoms with Crippen molar-refractivity contribution in [1.82, 2.24) is 5.32 Å². The normalized spacial score (nSPS) is 11.1. The Morgan fingerprint density at radius 1 is 1.32 bits per heavy atom. The van der Waals surface area contributed by atoms with Crippen LogP contribution in [-0.4, -0.2) is 39.1 Å². The molecule has 1 aromatic heterocycles. The van der Waals surface area contributed by atoms with E-state index in [4.69, 9.17) is 16.6 Å². The molecule has 2 aromatic rings. The Balaban J connectivity index is 1.76. The van der Waals surface area contributed by atoms with Gasteiger partial charge in [-0.3, -0.25) is 4.31 Å². The number of hydrogen-bond donors (Lipinski definition) is 2. The van der Waals surface area contributed by atoms with Crippen molar-refractivity contribution >= 4 is 50.5 Å². The zero-order valence-corrected chi connectivity index (χ0v) is 16.5. The number of anilines is 2. The average Bonchev–Trinajstić information content (AvgIpc) is 3.06. The number of sulfonamides is 1. The maximum absolute atomic E-state index is 11.6. The first-order valence-electron chi connectivity index (χ1n) is 7.55. The molecule has 0 amide bonds. The molecule has 0 atom stereocenters. The summed E-state index contributed by atoms with van der Waals surface area (Å²) in [5, 5.41) is 6.69. The van der Waals surface area contributed by atoms with E-state index in [1.165, 1.54) is 17.6 Å². The molecule has 2 rings (SSSR count). The van der Waals surface area contributed by atoms with Crippen LogP contribution in [0.2, 0.25) is 0 Å². The Bertz CT molecular complexity index is 792. The number of nitrogens with one attached hydrogen (secondary N) is 2. The van der Waals surface area contributed by atoms with E-state index in [-0.39, 0.29) is 0 Å². The molecule has 2 N–H and O–H groups in total. The molecule has 1 heterocycles. The summed E-state index contributed by atoms with van der Waals surface area (Å²) in [5.41, 5.74) is 1.30. The molecule has 0 radical (unpaired) electrons. The van der Waals surface area contributed by atoms with E-state index in [1.54, 1.807) is 36.2 Å². The second-order valence-corrected chi connectivity index (χ2v) is 8.82. The predicted molar refractivity (Wildman–Crippen MR) is 109 cm³/mol. The van der Waals surface area contributed by atoms with Crippen molar-refractivity contribution in [3.05, 3.63) is 48.4 Å². The summed E-state index contributed by atoms with van der Waals surface area (Å²) in [7, 11) is -1.78. The Morgan fingerprint density at radius 2 is 2.12 bits per heavy atom. The topological polar surface area (TPSA) is 74.6 Å². The summed E-state index contributed by atoms with van der Waals surface area (Å²) in [5.74, 6) is 2.67. The lowest BCUT2D eigenvalue weighted by Crippen LogP contribution is -2.30. The van der Waals surface area contributed by atoms with Gasteiger partial charge >= 0.3 is 0 Å². The number of thiocarbonyl (C=S) groups is 1. The number of furan rings is 1. The van der Waals surface area contributed by atoms with E-state index in [0.29, 0.717) is 10.8 Å². The zero-order valence-electron chi connectivity index (χ0n) is 14.1. The lowest BCUT2D eigenvalue weighted by atomic mass is 10.3. The van der Waals surface area contributed by atoms with Gasteiger partial charge in [0.15, 0.2) is 5.11 Å². The summed E-state index contributed by atoms with van der Waals surface area (Å²) >= 11 is 7.02. The maximum atomic E-state index is 11.6. The maximum Gasteiger partial charge on any atom is 0.231 e. The number of nitrogens with zero attached hydrogens (tertiary/aromatic N) is 1. The molecule has 0 saturated carbocycles.